The number of hydroxylamine groups is 2. The molecule has 0 fully saturated rings. The van der Waals surface area contributed by atoms with Gasteiger partial charge in [0, 0.05) is 12.1 Å². The van der Waals surface area contributed by atoms with Crippen LogP contribution < -0.4 is 4.74 Å². The van der Waals surface area contributed by atoms with Crippen LogP contribution in [0.1, 0.15) is 32.0 Å². The van der Waals surface area contributed by atoms with E-state index in [1.165, 1.54) is 6.20 Å². The van der Waals surface area contributed by atoms with Gasteiger partial charge in [-0.1, -0.05) is 30.3 Å². The number of aromatic nitrogens is 1. The first-order valence-electron chi connectivity index (χ1n) is 8.56. The van der Waals surface area contributed by atoms with Crippen molar-refractivity contribution in [2.75, 3.05) is 0 Å². The third-order valence-corrected chi connectivity index (χ3v) is 3.52. The van der Waals surface area contributed by atoms with Crippen LogP contribution in [0.3, 0.4) is 0 Å². The van der Waals surface area contributed by atoms with Crippen molar-refractivity contribution in [1.29, 1.82) is 0 Å². The van der Waals surface area contributed by atoms with Gasteiger partial charge in [-0.2, -0.15) is 0 Å². The van der Waals surface area contributed by atoms with Crippen molar-refractivity contribution in [1.82, 2.24) is 10.0 Å². The van der Waals surface area contributed by atoms with Crippen LogP contribution in [0.25, 0.3) is 0 Å². The van der Waals surface area contributed by atoms with Crippen LogP contribution in [0, 0.1) is 0 Å². The number of carbonyl (C=O) groups is 2. The zero-order valence-corrected chi connectivity index (χ0v) is 15.7. The number of carboxylic acids is 1. The third kappa shape index (κ3) is 6.71. The molecule has 144 valence electrons. The summed E-state index contributed by atoms with van der Waals surface area (Å²) >= 11 is 0. The highest BCUT2D eigenvalue weighted by molar-refractivity contribution is 5.76. The van der Waals surface area contributed by atoms with Crippen molar-refractivity contribution in [3.8, 4) is 5.75 Å². The van der Waals surface area contributed by atoms with E-state index in [-0.39, 0.29) is 6.42 Å². The largest absolute Gasteiger partial charge is 0.487 e. The van der Waals surface area contributed by atoms with Gasteiger partial charge in [0.05, 0.1) is 11.8 Å². The standard InChI is InChI=1S/C20H24N2O5/c1-20(2,3)27-22(14-23)18(19(24)25)11-16-9-10-17(12-21-16)26-13-15-7-5-4-6-8-15/h4-10,12,14,18H,11,13H2,1-3H3,(H,24,25). The van der Waals surface area contributed by atoms with Gasteiger partial charge in [-0.05, 0) is 38.5 Å². The SMILES string of the molecule is CC(C)(C)ON(C=O)C(Cc1ccc(OCc2ccccc2)cn1)C(=O)O. The Morgan fingerprint density at radius 3 is 2.44 bits per heavy atom. The number of hydrogen-bond acceptors (Lipinski definition) is 5. The number of amides is 1. The van der Waals surface area contributed by atoms with E-state index in [2.05, 4.69) is 4.98 Å². The molecule has 0 spiro atoms. The summed E-state index contributed by atoms with van der Waals surface area (Å²) in [5.41, 5.74) is 0.851. The first kappa shape index (κ1) is 20.4. The highest BCUT2D eigenvalue weighted by atomic mass is 16.7. The molecule has 0 saturated heterocycles. The van der Waals surface area contributed by atoms with Gasteiger partial charge in [-0.25, -0.2) is 9.86 Å². The van der Waals surface area contributed by atoms with E-state index in [9.17, 15) is 14.7 Å². The number of nitrogens with zero attached hydrogens (tertiary/aromatic N) is 2. The zero-order chi connectivity index (χ0) is 19.9. The maximum absolute atomic E-state index is 11.6. The minimum atomic E-state index is -1.18. The van der Waals surface area contributed by atoms with Crippen LogP contribution in [0.5, 0.6) is 5.75 Å². The highest BCUT2D eigenvalue weighted by Gasteiger charge is 2.30. The second-order valence-electron chi connectivity index (χ2n) is 6.99. The molecule has 2 rings (SSSR count). The fraction of sp³-hybridized carbons (Fsp3) is 0.350. The number of carbonyl (C=O) groups excluding carboxylic acids is 1. The molecule has 7 nitrogen and oxygen atoms in total. The average molecular weight is 372 g/mol. The molecule has 1 unspecified atom stereocenters. The molecule has 1 heterocycles. The van der Waals surface area contributed by atoms with Crippen molar-refractivity contribution in [2.45, 2.75) is 45.4 Å². The molecule has 27 heavy (non-hydrogen) atoms. The lowest BCUT2D eigenvalue weighted by atomic mass is 10.1. The van der Waals surface area contributed by atoms with Crippen LogP contribution >= 0.6 is 0 Å². The van der Waals surface area contributed by atoms with Crippen molar-refractivity contribution < 1.29 is 24.3 Å². The van der Waals surface area contributed by atoms with Gasteiger partial charge >= 0.3 is 5.97 Å². The minimum Gasteiger partial charge on any atom is -0.487 e. The summed E-state index contributed by atoms with van der Waals surface area (Å²) in [5, 5.41) is 10.3. The van der Waals surface area contributed by atoms with E-state index < -0.39 is 17.6 Å². The molecular formula is C20H24N2O5. The highest BCUT2D eigenvalue weighted by Crippen LogP contribution is 2.17. The molecule has 0 aliphatic carbocycles. The Morgan fingerprint density at radius 1 is 1.22 bits per heavy atom. The molecule has 0 saturated carbocycles. The van der Waals surface area contributed by atoms with E-state index in [0.717, 1.165) is 10.6 Å². The molecule has 0 aliphatic rings. The molecule has 7 heteroatoms. The molecule has 2 aromatic rings. The number of carboxylic acid groups (broad SMARTS) is 1. The Labute approximate surface area is 158 Å². The second-order valence-corrected chi connectivity index (χ2v) is 6.99. The van der Waals surface area contributed by atoms with Crippen LogP contribution in [0.4, 0.5) is 0 Å². The van der Waals surface area contributed by atoms with E-state index >= 15 is 0 Å². The first-order valence-corrected chi connectivity index (χ1v) is 8.56. The van der Waals surface area contributed by atoms with Gasteiger partial charge in [-0.3, -0.25) is 14.6 Å². The number of benzene rings is 1. The Balaban J connectivity index is 2.01. The number of ether oxygens (including phenoxy) is 1. The van der Waals surface area contributed by atoms with Crippen LogP contribution in [-0.4, -0.2) is 39.2 Å². The maximum atomic E-state index is 11.6. The van der Waals surface area contributed by atoms with Crippen LogP contribution in [0.15, 0.2) is 48.7 Å². The smallest absolute Gasteiger partial charge is 0.329 e. The summed E-state index contributed by atoms with van der Waals surface area (Å²) in [6.45, 7) is 5.62. The molecule has 1 N–H and O–H groups in total. The summed E-state index contributed by atoms with van der Waals surface area (Å²) in [6, 6.07) is 12.0. The number of aliphatic carboxylic acids is 1. The van der Waals surface area contributed by atoms with Crippen LogP contribution in [0.2, 0.25) is 0 Å². The van der Waals surface area contributed by atoms with Gasteiger partial charge in [0.15, 0.2) is 6.04 Å². The molecule has 1 atom stereocenters. The fourth-order valence-corrected chi connectivity index (χ4v) is 2.32. The quantitative estimate of drug-likeness (QED) is 0.538. The average Bonchev–Trinajstić information content (AvgIpc) is 2.63. The molecular weight excluding hydrogens is 348 g/mol. The number of pyridine rings is 1. The molecule has 1 aromatic heterocycles. The molecule has 0 radical (unpaired) electrons. The monoisotopic (exact) mass is 372 g/mol. The topological polar surface area (TPSA) is 89.0 Å². The van der Waals surface area contributed by atoms with Gasteiger partial charge in [0.1, 0.15) is 12.4 Å². The molecule has 1 amide bonds. The third-order valence-electron chi connectivity index (χ3n) is 3.52. The van der Waals surface area contributed by atoms with Gasteiger partial charge < -0.3 is 9.84 Å². The van der Waals surface area contributed by atoms with E-state index in [1.807, 2.05) is 30.3 Å². The molecule has 1 aromatic carbocycles. The first-order chi connectivity index (χ1) is 12.8. The van der Waals surface area contributed by atoms with Crippen molar-refractivity contribution in [3.05, 3.63) is 59.9 Å². The lowest BCUT2D eigenvalue weighted by Gasteiger charge is -2.30. The Kier molecular flexibility index (Phi) is 6.90. The van der Waals surface area contributed by atoms with E-state index in [0.29, 0.717) is 24.5 Å². The van der Waals surface area contributed by atoms with E-state index in [4.69, 9.17) is 9.57 Å². The Hall–Kier alpha value is -2.93. The number of rotatable bonds is 9. The van der Waals surface area contributed by atoms with Gasteiger partial charge in [0.2, 0.25) is 6.41 Å². The Bertz CT molecular complexity index is 741. The molecule has 0 aliphatic heterocycles. The van der Waals surface area contributed by atoms with Gasteiger partial charge in [-0.15, -0.1) is 0 Å². The molecule has 0 bridgehead atoms. The summed E-state index contributed by atoms with van der Waals surface area (Å²) in [4.78, 5) is 32.5. The fourth-order valence-electron chi connectivity index (χ4n) is 2.32. The maximum Gasteiger partial charge on any atom is 0.329 e. The summed E-state index contributed by atoms with van der Waals surface area (Å²) < 4.78 is 5.66. The van der Waals surface area contributed by atoms with E-state index in [1.54, 1.807) is 32.9 Å². The predicted molar refractivity (Wildman–Crippen MR) is 98.9 cm³/mol. The summed E-state index contributed by atoms with van der Waals surface area (Å²) in [6.07, 6.45) is 1.93. The van der Waals surface area contributed by atoms with Crippen molar-refractivity contribution in [2.24, 2.45) is 0 Å². The Morgan fingerprint density at radius 2 is 1.93 bits per heavy atom. The van der Waals surface area contributed by atoms with Crippen LogP contribution in [-0.2, 0) is 27.5 Å². The normalized spacial score (nSPS) is 12.3. The van der Waals surface area contributed by atoms with Gasteiger partial charge in [0.25, 0.3) is 0 Å². The second kappa shape index (κ2) is 9.14. The lowest BCUT2D eigenvalue weighted by molar-refractivity contribution is -0.234. The van der Waals surface area contributed by atoms with Crippen molar-refractivity contribution in [3.63, 3.8) is 0 Å². The zero-order valence-electron chi connectivity index (χ0n) is 15.7. The minimum absolute atomic E-state index is 0.0170. The number of hydrogen-bond donors (Lipinski definition) is 1. The van der Waals surface area contributed by atoms with Crippen molar-refractivity contribution >= 4 is 12.4 Å². The summed E-state index contributed by atoms with van der Waals surface area (Å²) in [5.74, 6) is -0.592. The lowest BCUT2D eigenvalue weighted by Crippen LogP contribution is -2.45. The summed E-state index contributed by atoms with van der Waals surface area (Å²) in [7, 11) is 0. The predicted octanol–water partition coefficient (Wildman–Crippen LogP) is 2.84.